The van der Waals surface area contributed by atoms with Crippen molar-refractivity contribution in [3.63, 3.8) is 0 Å². The van der Waals surface area contributed by atoms with Crippen molar-refractivity contribution in [3.05, 3.63) is 71.0 Å². The molecule has 1 atom stereocenters. The number of nitrogens with one attached hydrogen (secondary N) is 2. The molecule has 0 fully saturated rings. The normalized spacial score (nSPS) is 11.9. The number of hydrogen-bond acceptors (Lipinski definition) is 2. The van der Waals surface area contributed by atoms with E-state index in [9.17, 15) is 14.0 Å². The quantitative estimate of drug-likeness (QED) is 0.800. The van der Waals surface area contributed by atoms with Gasteiger partial charge in [0.2, 0.25) is 5.91 Å². The molecule has 2 aromatic carbocycles. The average Bonchev–Trinajstić information content (AvgIpc) is 2.59. The molecule has 0 heterocycles. The van der Waals surface area contributed by atoms with Crippen LogP contribution in [0.5, 0.6) is 0 Å². The van der Waals surface area contributed by atoms with Crippen LogP contribution in [0.4, 0.5) is 4.39 Å². The molecule has 2 N–H and O–H groups in total. The summed E-state index contributed by atoms with van der Waals surface area (Å²) in [5.41, 5.74) is 2.24. The highest BCUT2D eigenvalue weighted by molar-refractivity contribution is 5.98. The molecule has 26 heavy (non-hydrogen) atoms. The topological polar surface area (TPSA) is 58.2 Å². The molecule has 5 heteroatoms. The maximum absolute atomic E-state index is 13.2. The number of benzene rings is 2. The van der Waals surface area contributed by atoms with Gasteiger partial charge in [-0.1, -0.05) is 44.2 Å². The molecule has 0 aromatic heterocycles. The largest absolute Gasteiger partial charge is 0.354 e. The van der Waals surface area contributed by atoms with Crippen molar-refractivity contribution in [2.45, 2.75) is 33.2 Å². The van der Waals surface area contributed by atoms with Crippen LogP contribution < -0.4 is 10.6 Å². The smallest absolute Gasteiger partial charge is 0.252 e. The Morgan fingerprint density at radius 1 is 1.08 bits per heavy atom. The fourth-order valence-electron chi connectivity index (χ4n) is 2.71. The Hall–Kier alpha value is -2.69. The number of halogens is 1. The van der Waals surface area contributed by atoms with Crippen molar-refractivity contribution >= 4 is 11.8 Å². The summed E-state index contributed by atoms with van der Waals surface area (Å²) in [5.74, 6) is -0.850. The number of rotatable bonds is 7. The minimum atomic E-state index is -0.630. The van der Waals surface area contributed by atoms with Gasteiger partial charge in [-0.2, -0.15) is 0 Å². The van der Waals surface area contributed by atoms with Crippen LogP contribution in [-0.4, -0.2) is 24.4 Å². The van der Waals surface area contributed by atoms with Gasteiger partial charge in [0.1, 0.15) is 11.9 Å². The van der Waals surface area contributed by atoms with E-state index in [1.807, 2.05) is 39.0 Å². The lowest BCUT2D eigenvalue weighted by atomic mass is 10.0. The lowest BCUT2D eigenvalue weighted by Crippen LogP contribution is -2.50. The Labute approximate surface area is 153 Å². The van der Waals surface area contributed by atoms with Crippen LogP contribution in [0.15, 0.2) is 48.5 Å². The van der Waals surface area contributed by atoms with Crippen molar-refractivity contribution in [1.29, 1.82) is 0 Å². The van der Waals surface area contributed by atoms with E-state index >= 15 is 0 Å². The van der Waals surface area contributed by atoms with Crippen LogP contribution in [0.1, 0.15) is 35.3 Å². The number of amides is 2. The number of hydrogen-bond donors (Lipinski definition) is 2. The van der Waals surface area contributed by atoms with E-state index in [1.54, 1.807) is 18.2 Å². The van der Waals surface area contributed by atoms with Gasteiger partial charge in [-0.3, -0.25) is 9.59 Å². The number of aryl methyl sites for hydroxylation is 1. The van der Waals surface area contributed by atoms with Crippen molar-refractivity contribution < 1.29 is 14.0 Å². The summed E-state index contributed by atoms with van der Waals surface area (Å²) in [6, 6.07) is 12.9. The van der Waals surface area contributed by atoms with E-state index in [4.69, 9.17) is 0 Å². The molecule has 2 aromatic rings. The molecule has 138 valence electrons. The molecule has 4 nitrogen and oxygen atoms in total. The summed E-state index contributed by atoms with van der Waals surface area (Å²) in [5, 5.41) is 5.65. The van der Waals surface area contributed by atoms with Crippen molar-refractivity contribution in [2.24, 2.45) is 5.92 Å². The van der Waals surface area contributed by atoms with Crippen molar-refractivity contribution in [2.75, 3.05) is 6.54 Å². The summed E-state index contributed by atoms with van der Waals surface area (Å²) in [6.45, 7) is 6.01. The zero-order chi connectivity index (χ0) is 19.1. The van der Waals surface area contributed by atoms with Gasteiger partial charge in [0, 0.05) is 12.1 Å². The van der Waals surface area contributed by atoms with E-state index < -0.39 is 6.04 Å². The Bertz CT molecular complexity index is 774. The summed E-state index contributed by atoms with van der Waals surface area (Å²) >= 11 is 0. The van der Waals surface area contributed by atoms with Crippen molar-refractivity contribution in [3.8, 4) is 0 Å². The van der Waals surface area contributed by atoms with Crippen molar-refractivity contribution in [1.82, 2.24) is 10.6 Å². The maximum atomic E-state index is 13.2. The van der Waals surface area contributed by atoms with Gasteiger partial charge in [-0.15, -0.1) is 0 Å². The lowest BCUT2D eigenvalue weighted by Gasteiger charge is -2.22. The van der Waals surface area contributed by atoms with Crippen LogP contribution in [-0.2, 0) is 11.2 Å². The predicted octanol–water partition coefficient (Wildman–Crippen LogP) is 3.25. The molecule has 0 aliphatic heterocycles. The Kier molecular flexibility index (Phi) is 6.89. The van der Waals surface area contributed by atoms with Gasteiger partial charge < -0.3 is 10.6 Å². The van der Waals surface area contributed by atoms with Crippen LogP contribution in [0, 0.1) is 18.7 Å². The van der Waals surface area contributed by atoms with Gasteiger partial charge in [-0.25, -0.2) is 4.39 Å². The summed E-state index contributed by atoms with van der Waals surface area (Å²) in [4.78, 5) is 25.0. The van der Waals surface area contributed by atoms with Gasteiger partial charge >= 0.3 is 0 Å². The van der Waals surface area contributed by atoms with E-state index in [1.165, 1.54) is 12.1 Å². The molecular formula is C21H25FN2O2. The second-order valence-electron chi connectivity index (χ2n) is 6.68. The second-order valence-corrected chi connectivity index (χ2v) is 6.68. The zero-order valence-electron chi connectivity index (χ0n) is 15.4. The molecule has 0 saturated heterocycles. The average molecular weight is 356 g/mol. The van der Waals surface area contributed by atoms with E-state index in [0.29, 0.717) is 18.5 Å². The zero-order valence-corrected chi connectivity index (χ0v) is 15.4. The van der Waals surface area contributed by atoms with E-state index in [2.05, 4.69) is 10.6 Å². The first kappa shape index (κ1) is 19.6. The van der Waals surface area contributed by atoms with Crippen LogP contribution in [0.3, 0.4) is 0 Å². The lowest BCUT2D eigenvalue weighted by molar-refractivity contribution is -0.123. The Morgan fingerprint density at radius 2 is 1.81 bits per heavy atom. The third kappa shape index (κ3) is 5.41. The molecule has 2 rings (SSSR count). The monoisotopic (exact) mass is 356 g/mol. The first-order chi connectivity index (χ1) is 12.4. The fraction of sp³-hybridized carbons (Fsp3) is 0.333. The Morgan fingerprint density at radius 3 is 2.46 bits per heavy atom. The molecule has 2 amide bonds. The molecule has 0 spiro atoms. The molecule has 0 saturated carbocycles. The van der Waals surface area contributed by atoms with Gasteiger partial charge in [0.15, 0.2) is 0 Å². The van der Waals surface area contributed by atoms with Crippen LogP contribution in [0.25, 0.3) is 0 Å². The minimum absolute atomic E-state index is 0.0582. The third-order valence-electron chi connectivity index (χ3n) is 4.23. The number of carbonyl (C=O) groups excluding carboxylic acids is 2. The number of carbonyl (C=O) groups is 2. The summed E-state index contributed by atoms with van der Waals surface area (Å²) in [7, 11) is 0. The molecule has 0 bridgehead atoms. The molecule has 0 aliphatic rings. The SMILES string of the molecule is Cc1ccccc1C(=O)NC(C(=O)NCCc1cccc(F)c1)C(C)C. The highest BCUT2D eigenvalue weighted by Gasteiger charge is 2.24. The molecule has 1 unspecified atom stereocenters. The highest BCUT2D eigenvalue weighted by Crippen LogP contribution is 2.09. The summed E-state index contributed by atoms with van der Waals surface area (Å²) < 4.78 is 13.2. The second kappa shape index (κ2) is 9.13. The standard InChI is InChI=1S/C21H25FN2O2/c1-14(2)19(24-20(25)18-10-5-4-7-15(18)3)21(26)23-12-11-16-8-6-9-17(22)13-16/h4-10,13-14,19H,11-12H2,1-3H3,(H,23,26)(H,24,25). The van der Waals surface area contributed by atoms with Gasteiger partial charge in [0.25, 0.3) is 5.91 Å². The molecular weight excluding hydrogens is 331 g/mol. The third-order valence-corrected chi connectivity index (χ3v) is 4.23. The van der Waals surface area contributed by atoms with E-state index in [-0.39, 0.29) is 23.5 Å². The van der Waals surface area contributed by atoms with Crippen LogP contribution in [0.2, 0.25) is 0 Å². The predicted molar refractivity (Wildman–Crippen MR) is 100 cm³/mol. The Balaban J connectivity index is 1.94. The molecule has 0 radical (unpaired) electrons. The minimum Gasteiger partial charge on any atom is -0.354 e. The van der Waals surface area contributed by atoms with Crippen LogP contribution >= 0.6 is 0 Å². The highest BCUT2D eigenvalue weighted by atomic mass is 19.1. The summed E-state index contributed by atoms with van der Waals surface area (Å²) in [6.07, 6.45) is 0.528. The van der Waals surface area contributed by atoms with E-state index in [0.717, 1.165) is 11.1 Å². The molecule has 0 aliphatic carbocycles. The van der Waals surface area contributed by atoms with Gasteiger partial charge in [0.05, 0.1) is 0 Å². The van der Waals surface area contributed by atoms with Gasteiger partial charge in [-0.05, 0) is 48.6 Å². The first-order valence-corrected chi connectivity index (χ1v) is 8.77. The fourth-order valence-corrected chi connectivity index (χ4v) is 2.71. The first-order valence-electron chi connectivity index (χ1n) is 8.77. The maximum Gasteiger partial charge on any atom is 0.252 e.